The maximum Gasteiger partial charge on any atom is 0.116 e. The fourth-order valence-corrected chi connectivity index (χ4v) is 1.78. The van der Waals surface area contributed by atoms with E-state index in [2.05, 4.69) is 41.7 Å². The predicted octanol–water partition coefficient (Wildman–Crippen LogP) is 2.71. The van der Waals surface area contributed by atoms with Crippen LogP contribution < -0.4 is 5.32 Å². The van der Waals surface area contributed by atoms with Gasteiger partial charge in [0.15, 0.2) is 0 Å². The normalized spacial score (nSPS) is 11.7. The van der Waals surface area contributed by atoms with Crippen LogP contribution in [0.15, 0.2) is 11.5 Å². The molecule has 0 unspecified atom stereocenters. The summed E-state index contributed by atoms with van der Waals surface area (Å²) >= 11 is 1.69. The molecular weight excluding hydrogens is 192 g/mol. The van der Waals surface area contributed by atoms with Crippen LogP contribution in [0.25, 0.3) is 6.08 Å². The Morgan fingerprint density at radius 1 is 1.57 bits per heavy atom. The van der Waals surface area contributed by atoms with E-state index in [0.29, 0.717) is 5.92 Å². The predicted molar refractivity (Wildman–Crippen MR) is 63.6 cm³/mol. The average molecular weight is 210 g/mol. The molecule has 0 fully saturated rings. The second-order valence-corrected chi connectivity index (χ2v) is 4.67. The number of hydrogen-bond donors (Lipinski definition) is 1. The van der Waals surface area contributed by atoms with Gasteiger partial charge in [0.1, 0.15) is 5.01 Å². The molecule has 0 bridgehead atoms. The summed E-state index contributed by atoms with van der Waals surface area (Å²) in [6, 6.07) is 0. The monoisotopic (exact) mass is 210 g/mol. The minimum Gasteiger partial charge on any atom is -0.313 e. The van der Waals surface area contributed by atoms with E-state index in [9.17, 15) is 0 Å². The Kier molecular flexibility index (Phi) is 4.84. The summed E-state index contributed by atoms with van der Waals surface area (Å²) in [4.78, 5) is 4.35. The molecule has 0 atom stereocenters. The molecule has 0 aromatic carbocycles. The van der Waals surface area contributed by atoms with Crippen LogP contribution in [0.1, 0.15) is 24.5 Å². The summed E-state index contributed by atoms with van der Waals surface area (Å²) in [6.07, 6.45) is 4.20. The molecule has 0 aliphatic heterocycles. The third-order valence-electron chi connectivity index (χ3n) is 1.71. The van der Waals surface area contributed by atoms with E-state index in [-0.39, 0.29) is 0 Å². The number of rotatable bonds is 5. The highest BCUT2D eigenvalue weighted by Crippen LogP contribution is 2.09. The van der Waals surface area contributed by atoms with Crippen LogP contribution in [0.4, 0.5) is 0 Å². The first-order chi connectivity index (χ1) is 6.68. The molecule has 0 amide bonds. The average Bonchev–Trinajstić information content (AvgIpc) is 2.50. The molecule has 0 aliphatic rings. The third-order valence-corrected chi connectivity index (χ3v) is 2.64. The van der Waals surface area contributed by atoms with Crippen LogP contribution in [0.5, 0.6) is 0 Å². The summed E-state index contributed by atoms with van der Waals surface area (Å²) in [5, 5.41) is 6.51. The molecule has 0 saturated carbocycles. The van der Waals surface area contributed by atoms with Crippen molar-refractivity contribution >= 4 is 17.4 Å². The summed E-state index contributed by atoms with van der Waals surface area (Å²) in [5.74, 6) is 0.713. The standard InChI is InChI=1S/C11H18N2S/c1-9(2)7-12-6-4-5-11-13-10(3)8-14-11/h4-5,8-9,12H,6-7H2,1-3H3/b5-4+. The molecule has 0 aliphatic carbocycles. The van der Waals surface area contributed by atoms with Gasteiger partial charge < -0.3 is 5.32 Å². The fraction of sp³-hybridized carbons (Fsp3) is 0.545. The van der Waals surface area contributed by atoms with Crippen molar-refractivity contribution in [1.82, 2.24) is 10.3 Å². The van der Waals surface area contributed by atoms with Crippen LogP contribution in [0.2, 0.25) is 0 Å². The van der Waals surface area contributed by atoms with Crippen molar-refractivity contribution in [1.29, 1.82) is 0 Å². The lowest BCUT2D eigenvalue weighted by Gasteiger charge is -2.03. The van der Waals surface area contributed by atoms with Gasteiger partial charge in [-0.15, -0.1) is 11.3 Å². The van der Waals surface area contributed by atoms with Crippen molar-refractivity contribution in [3.63, 3.8) is 0 Å². The number of hydrogen-bond acceptors (Lipinski definition) is 3. The largest absolute Gasteiger partial charge is 0.313 e. The summed E-state index contributed by atoms with van der Waals surface area (Å²) in [7, 11) is 0. The van der Waals surface area contributed by atoms with Crippen molar-refractivity contribution in [2.24, 2.45) is 5.92 Å². The summed E-state index contributed by atoms with van der Waals surface area (Å²) < 4.78 is 0. The molecule has 1 heterocycles. The van der Waals surface area contributed by atoms with E-state index in [1.54, 1.807) is 11.3 Å². The van der Waals surface area contributed by atoms with Crippen LogP contribution >= 0.6 is 11.3 Å². The van der Waals surface area contributed by atoms with Crippen molar-refractivity contribution < 1.29 is 0 Å². The number of aryl methyl sites for hydroxylation is 1. The summed E-state index contributed by atoms with van der Waals surface area (Å²) in [5.41, 5.74) is 1.10. The molecule has 0 radical (unpaired) electrons. The Balaban J connectivity index is 2.21. The van der Waals surface area contributed by atoms with Crippen LogP contribution in [-0.2, 0) is 0 Å². The Hall–Kier alpha value is -0.670. The van der Waals surface area contributed by atoms with Gasteiger partial charge in [-0.25, -0.2) is 4.98 Å². The molecule has 2 nitrogen and oxygen atoms in total. The Morgan fingerprint density at radius 2 is 2.36 bits per heavy atom. The molecule has 0 saturated heterocycles. The van der Waals surface area contributed by atoms with Crippen LogP contribution in [0.3, 0.4) is 0 Å². The zero-order valence-electron chi connectivity index (χ0n) is 9.08. The quantitative estimate of drug-likeness (QED) is 0.756. The lowest BCUT2D eigenvalue weighted by atomic mass is 10.2. The van der Waals surface area contributed by atoms with Crippen molar-refractivity contribution in [3.8, 4) is 0 Å². The van der Waals surface area contributed by atoms with E-state index < -0.39 is 0 Å². The highest BCUT2D eigenvalue weighted by Gasteiger charge is 1.92. The van der Waals surface area contributed by atoms with E-state index >= 15 is 0 Å². The first-order valence-electron chi connectivity index (χ1n) is 4.98. The lowest BCUT2D eigenvalue weighted by Crippen LogP contribution is -2.19. The fourth-order valence-electron chi connectivity index (χ4n) is 1.06. The molecular formula is C11H18N2S. The zero-order chi connectivity index (χ0) is 10.4. The van der Waals surface area contributed by atoms with Gasteiger partial charge in [-0.05, 0) is 25.5 Å². The van der Waals surface area contributed by atoms with Crippen LogP contribution in [0, 0.1) is 12.8 Å². The van der Waals surface area contributed by atoms with Gasteiger partial charge >= 0.3 is 0 Å². The van der Waals surface area contributed by atoms with Crippen molar-refractivity contribution in [3.05, 3.63) is 22.2 Å². The second-order valence-electron chi connectivity index (χ2n) is 3.78. The summed E-state index contributed by atoms with van der Waals surface area (Å²) in [6.45, 7) is 8.44. The SMILES string of the molecule is Cc1csc(/C=C/CNCC(C)C)n1. The molecule has 1 aromatic rings. The van der Waals surface area contributed by atoms with E-state index in [1.807, 2.05) is 6.92 Å². The molecule has 14 heavy (non-hydrogen) atoms. The second kappa shape index (κ2) is 5.94. The van der Waals surface area contributed by atoms with Gasteiger partial charge in [0, 0.05) is 17.6 Å². The number of aromatic nitrogens is 1. The first-order valence-corrected chi connectivity index (χ1v) is 5.86. The lowest BCUT2D eigenvalue weighted by molar-refractivity contribution is 0.577. The smallest absolute Gasteiger partial charge is 0.116 e. The topological polar surface area (TPSA) is 24.9 Å². The Morgan fingerprint density at radius 3 is 2.93 bits per heavy atom. The molecule has 1 aromatic heterocycles. The number of nitrogens with one attached hydrogen (secondary N) is 1. The van der Waals surface area contributed by atoms with Crippen LogP contribution in [-0.4, -0.2) is 18.1 Å². The Labute approximate surface area is 90.1 Å². The van der Waals surface area contributed by atoms with Crippen molar-refractivity contribution in [2.45, 2.75) is 20.8 Å². The van der Waals surface area contributed by atoms with Gasteiger partial charge in [0.25, 0.3) is 0 Å². The Bertz CT molecular complexity index is 289. The van der Waals surface area contributed by atoms with Gasteiger partial charge in [-0.1, -0.05) is 19.9 Å². The van der Waals surface area contributed by atoms with Gasteiger partial charge in [0.2, 0.25) is 0 Å². The number of thiazole rings is 1. The van der Waals surface area contributed by atoms with Gasteiger partial charge in [0.05, 0.1) is 0 Å². The van der Waals surface area contributed by atoms with E-state index in [0.717, 1.165) is 23.8 Å². The molecule has 1 N–H and O–H groups in total. The zero-order valence-corrected chi connectivity index (χ0v) is 9.90. The molecule has 78 valence electrons. The highest BCUT2D eigenvalue weighted by atomic mass is 32.1. The van der Waals surface area contributed by atoms with E-state index in [4.69, 9.17) is 0 Å². The van der Waals surface area contributed by atoms with Gasteiger partial charge in [-0.2, -0.15) is 0 Å². The minimum atomic E-state index is 0.713. The molecule has 1 rings (SSSR count). The van der Waals surface area contributed by atoms with Gasteiger partial charge in [-0.3, -0.25) is 0 Å². The molecule has 3 heteroatoms. The number of nitrogens with zero attached hydrogens (tertiary/aromatic N) is 1. The maximum atomic E-state index is 4.35. The van der Waals surface area contributed by atoms with Crippen molar-refractivity contribution in [2.75, 3.05) is 13.1 Å². The molecule has 0 spiro atoms. The maximum absolute atomic E-state index is 4.35. The highest BCUT2D eigenvalue weighted by molar-refractivity contribution is 7.10. The van der Waals surface area contributed by atoms with E-state index in [1.165, 1.54) is 0 Å². The third kappa shape index (κ3) is 4.53. The first kappa shape index (κ1) is 11.4. The minimum absolute atomic E-state index is 0.713.